The van der Waals surface area contributed by atoms with Crippen LogP contribution in [-0.4, -0.2) is 33.5 Å². The SMILES string of the molecule is CCN(Cc1nc2ccccc2c(=O)[nH]1)C(=O)NC1CCCCC1C. The Morgan fingerprint density at radius 2 is 2.08 bits per heavy atom. The first kappa shape index (κ1) is 17.5. The van der Waals surface area contributed by atoms with E-state index in [1.165, 1.54) is 12.8 Å². The fourth-order valence-electron chi connectivity index (χ4n) is 3.50. The van der Waals surface area contributed by atoms with E-state index >= 15 is 0 Å². The number of hydrogen-bond acceptors (Lipinski definition) is 3. The van der Waals surface area contributed by atoms with Gasteiger partial charge in [-0.25, -0.2) is 9.78 Å². The maximum atomic E-state index is 12.6. The topological polar surface area (TPSA) is 78.1 Å². The van der Waals surface area contributed by atoms with Gasteiger partial charge in [0.1, 0.15) is 5.82 Å². The van der Waals surface area contributed by atoms with Crippen molar-refractivity contribution in [3.63, 3.8) is 0 Å². The summed E-state index contributed by atoms with van der Waals surface area (Å²) in [5.74, 6) is 1.02. The van der Waals surface area contributed by atoms with Crippen LogP contribution in [0.1, 0.15) is 45.4 Å². The van der Waals surface area contributed by atoms with Crippen LogP contribution < -0.4 is 10.9 Å². The minimum Gasteiger partial charge on any atom is -0.335 e. The van der Waals surface area contributed by atoms with Crippen molar-refractivity contribution in [1.82, 2.24) is 20.2 Å². The zero-order valence-electron chi connectivity index (χ0n) is 14.9. The summed E-state index contributed by atoms with van der Waals surface area (Å²) in [5.41, 5.74) is 0.483. The van der Waals surface area contributed by atoms with E-state index in [0.717, 1.165) is 12.8 Å². The molecule has 1 aromatic heterocycles. The third kappa shape index (κ3) is 4.00. The molecular weight excluding hydrogens is 316 g/mol. The highest BCUT2D eigenvalue weighted by Gasteiger charge is 2.25. The van der Waals surface area contributed by atoms with E-state index in [-0.39, 0.29) is 17.6 Å². The predicted octanol–water partition coefficient (Wildman–Crippen LogP) is 3.03. The van der Waals surface area contributed by atoms with Crippen LogP contribution in [0.4, 0.5) is 4.79 Å². The number of rotatable bonds is 4. The fraction of sp³-hybridized carbons (Fsp3) is 0.526. The van der Waals surface area contributed by atoms with E-state index in [0.29, 0.717) is 35.7 Å². The Morgan fingerprint density at radius 1 is 1.32 bits per heavy atom. The summed E-state index contributed by atoms with van der Waals surface area (Å²) in [7, 11) is 0. The molecule has 1 aliphatic rings. The molecule has 1 aromatic carbocycles. The normalized spacial score (nSPS) is 20.4. The van der Waals surface area contributed by atoms with Crippen LogP contribution in [0.5, 0.6) is 0 Å². The number of nitrogens with zero attached hydrogens (tertiary/aromatic N) is 2. The molecule has 1 saturated carbocycles. The number of urea groups is 1. The summed E-state index contributed by atoms with van der Waals surface area (Å²) in [4.78, 5) is 33.8. The van der Waals surface area contributed by atoms with E-state index in [4.69, 9.17) is 0 Å². The smallest absolute Gasteiger partial charge is 0.318 e. The molecule has 1 heterocycles. The average Bonchev–Trinajstić information content (AvgIpc) is 2.61. The number of benzene rings is 1. The molecule has 1 fully saturated rings. The standard InChI is InChI=1S/C19H26N4O2/c1-3-23(19(25)21-15-10-6-4-8-13(15)2)12-17-20-16-11-7-5-9-14(16)18(24)22-17/h5,7,9,11,13,15H,3-4,6,8,10,12H2,1-2H3,(H,21,25)(H,20,22,24). The number of para-hydroxylation sites is 1. The Labute approximate surface area is 147 Å². The van der Waals surface area contributed by atoms with Crippen molar-refractivity contribution in [3.8, 4) is 0 Å². The van der Waals surface area contributed by atoms with Crippen LogP contribution in [0.3, 0.4) is 0 Å². The lowest BCUT2D eigenvalue weighted by molar-refractivity contribution is 0.181. The lowest BCUT2D eigenvalue weighted by Gasteiger charge is -2.32. The number of aromatic amines is 1. The highest BCUT2D eigenvalue weighted by Crippen LogP contribution is 2.23. The lowest BCUT2D eigenvalue weighted by atomic mass is 9.86. The average molecular weight is 342 g/mol. The van der Waals surface area contributed by atoms with Crippen molar-refractivity contribution in [3.05, 3.63) is 40.4 Å². The van der Waals surface area contributed by atoms with Gasteiger partial charge in [-0.3, -0.25) is 4.79 Å². The second-order valence-corrected chi connectivity index (χ2v) is 6.86. The summed E-state index contributed by atoms with van der Waals surface area (Å²) in [6.45, 7) is 4.98. The molecule has 2 amide bonds. The van der Waals surface area contributed by atoms with Gasteiger partial charge in [-0.05, 0) is 37.8 Å². The Kier molecular flexibility index (Phi) is 5.36. The number of carbonyl (C=O) groups excluding carboxylic acids is 1. The Morgan fingerprint density at radius 3 is 2.84 bits per heavy atom. The number of aromatic nitrogens is 2. The first-order chi connectivity index (χ1) is 12.1. The third-order valence-corrected chi connectivity index (χ3v) is 5.09. The highest BCUT2D eigenvalue weighted by atomic mass is 16.2. The highest BCUT2D eigenvalue weighted by molar-refractivity contribution is 5.77. The fourth-order valence-corrected chi connectivity index (χ4v) is 3.50. The third-order valence-electron chi connectivity index (χ3n) is 5.09. The summed E-state index contributed by atoms with van der Waals surface area (Å²) < 4.78 is 0. The van der Waals surface area contributed by atoms with Crippen molar-refractivity contribution in [1.29, 1.82) is 0 Å². The monoisotopic (exact) mass is 342 g/mol. The summed E-state index contributed by atoms with van der Waals surface area (Å²) in [6.07, 6.45) is 4.61. The molecule has 0 bridgehead atoms. The first-order valence-electron chi connectivity index (χ1n) is 9.12. The van der Waals surface area contributed by atoms with Gasteiger partial charge in [-0.1, -0.05) is 31.9 Å². The van der Waals surface area contributed by atoms with Crippen molar-refractivity contribution >= 4 is 16.9 Å². The van der Waals surface area contributed by atoms with Crippen LogP contribution in [-0.2, 0) is 6.54 Å². The molecule has 2 atom stereocenters. The van der Waals surface area contributed by atoms with Gasteiger partial charge in [0.2, 0.25) is 0 Å². The van der Waals surface area contributed by atoms with Gasteiger partial charge in [0.05, 0.1) is 17.4 Å². The summed E-state index contributed by atoms with van der Waals surface area (Å²) in [6, 6.07) is 7.38. The molecule has 134 valence electrons. The minimum absolute atomic E-state index is 0.0861. The summed E-state index contributed by atoms with van der Waals surface area (Å²) in [5, 5.41) is 3.72. The molecule has 2 unspecified atom stereocenters. The second kappa shape index (κ2) is 7.68. The number of amides is 2. The molecule has 6 heteroatoms. The van der Waals surface area contributed by atoms with Crippen LogP contribution in [0.2, 0.25) is 0 Å². The molecule has 25 heavy (non-hydrogen) atoms. The molecule has 0 saturated heterocycles. The molecule has 0 spiro atoms. The molecule has 0 aliphatic heterocycles. The quantitative estimate of drug-likeness (QED) is 0.896. The molecule has 3 rings (SSSR count). The predicted molar refractivity (Wildman–Crippen MR) is 98.4 cm³/mol. The van der Waals surface area contributed by atoms with Gasteiger partial charge in [0.15, 0.2) is 0 Å². The molecule has 1 aliphatic carbocycles. The van der Waals surface area contributed by atoms with E-state index < -0.39 is 0 Å². The van der Waals surface area contributed by atoms with Crippen molar-refractivity contribution in [2.45, 2.75) is 52.1 Å². The van der Waals surface area contributed by atoms with E-state index in [2.05, 4.69) is 22.2 Å². The zero-order valence-corrected chi connectivity index (χ0v) is 14.9. The minimum atomic E-state index is -0.169. The number of nitrogens with one attached hydrogen (secondary N) is 2. The zero-order chi connectivity index (χ0) is 17.8. The molecule has 2 aromatic rings. The van der Waals surface area contributed by atoms with Crippen LogP contribution >= 0.6 is 0 Å². The Hall–Kier alpha value is -2.37. The van der Waals surface area contributed by atoms with Crippen molar-refractivity contribution in [2.75, 3.05) is 6.54 Å². The van der Waals surface area contributed by atoms with E-state index in [1.54, 1.807) is 11.0 Å². The lowest BCUT2D eigenvalue weighted by Crippen LogP contribution is -2.48. The maximum Gasteiger partial charge on any atom is 0.318 e. The molecule has 6 nitrogen and oxygen atoms in total. The van der Waals surface area contributed by atoms with Gasteiger partial charge in [-0.15, -0.1) is 0 Å². The van der Waals surface area contributed by atoms with Crippen LogP contribution in [0.15, 0.2) is 29.1 Å². The Balaban J connectivity index is 1.73. The first-order valence-corrected chi connectivity index (χ1v) is 9.12. The Bertz CT molecular complexity index is 801. The van der Waals surface area contributed by atoms with Crippen LogP contribution in [0.25, 0.3) is 10.9 Å². The number of H-pyrrole nitrogens is 1. The maximum absolute atomic E-state index is 12.6. The largest absolute Gasteiger partial charge is 0.335 e. The molecule has 0 radical (unpaired) electrons. The second-order valence-electron chi connectivity index (χ2n) is 6.86. The molecule has 2 N–H and O–H groups in total. The van der Waals surface area contributed by atoms with E-state index in [1.807, 2.05) is 25.1 Å². The number of hydrogen-bond donors (Lipinski definition) is 2. The van der Waals surface area contributed by atoms with Gasteiger partial charge in [-0.2, -0.15) is 0 Å². The molecular formula is C19H26N4O2. The van der Waals surface area contributed by atoms with Crippen LogP contribution in [0, 0.1) is 5.92 Å². The van der Waals surface area contributed by atoms with Gasteiger partial charge < -0.3 is 15.2 Å². The van der Waals surface area contributed by atoms with Gasteiger partial charge in [0, 0.05) is 12.6 Å². The summed E-state index contributed by atoms with van der Waals surface area (Å²) >= 11 is 0. The van der Waals surface area contributed by atoms with Crippen molar-refractivity contribution < 1.29 is 4.79 Å². The number of fused-ring (bicyclic) bond motifs is 1. The van der Waals surface area contributed by atoms with Gasteiger partial charge >= 0.3 is 6.03 Å². The van der Waals surface area contributed by atoms with Crippen molar-refractivity contribution in [2.24, 2.45) is 5.92 Å². The van der Waals surface area contributed by atoms with E-state index in [9.17, 15) is 9.59 Å². The number of carbonyl (C=O) groups is 1. The van der Waals surface area contributed by atoms with Gasteiger partial charge in [0.25, 0.3) is 5.56 Å².